The van der Waals surface area contributed by atoms with Gasteiger partial charge in [0.25, 0.3) is 0 Å². The Balaban J connectivity index is 1.41. The van der Waals surface area contributed by atoms with Gasteiger partial charge in [-0.1, -0.05) is 30.4 Å². The third-order valence-electron chi connectivity index (χ3n) is 4.63. The number of aromatic amines is 1. The Morgan fingerprint density at radius 3 is 2.86 bits per heavy atom. The number of para-hydroxylation sites is 2. The molecule has 144 valence electrons. The largest absolute Gasteiger partial charge is 0.349 e. The smallest absolute Gasteiger partial charge is 0.225 e. The van der Waals surface area contributed by atoms with Crippen molar-refractivity contribution in [3.63, 3.8) is 0 Å². The summed E-state index contributed by atoms with van der Waals surface area (Å²) in [6.07, 6.45) is 0.860. The lowest BCUT2D eigenvalue weighted by molar-refractivity contribution is -0.125. The molecule has 1 aromatic carbocycles. The molecule has 2 heterocycles. The van der Waals surface area contributed by atoms with Gasteiger partial charge in [-0.05, 0) is 12.1 Å². The fraction of sp³-hybridized carbons (Fsp3) is 0.316. The Bertz CT molecular complexity index is 1040. The summed E-state index contributed by atoms with van der Waals surface area (Å²) >= 11 is 1.17. The number of nitrogens with one attached hydrogen (secondary N) is 3. The van der Waals surface area contributed by atoms with Crippen molar-refractivity contribution in [3.8, 4) is 0 Å². The van der Waals surface area contributed by atoms with Crippen LogP contribution in [0.1, 0.15) is 41.0 Å². The average Bonchev–Trinajstić information content (AvgIpc) is 3.29. The van der Waals surface area contributed by atoms with Gasteiger partial charge in [0.1, 0.15) is 5.82 Å². The van der Waals surface area contributed by atoms with E-state index >= 15 is 0 Å². The fourth-order valence-corrected chi connectivity index (χ4v) is 4.14. The van der Waals surface area contributed by atoms with Crippen LogP contribution in [0.5, 0.6) is 0 Å². The summed E-state index contributed by atoms with van der Waals surface area (Å²) in [6.45, 7) is 2.01. The molecule has 4 rings (SSSR count). The van der Waals surface area contributed by atoms with Gasteiger partial charge in [0.15, 0.2) is 10.9 Å². The second-order valence-corrected chi connectivity index (χ2v) is 7.64. The molecule has 0 spiro atoms. The number of carbonyl (C=O) groups excluding carboxylic acids is 3. The van der Waals surface area contributed by atoms with Crippen LogP contribution in [0.15, 0.2) is 24.3 Å². The van der Waals surface area contributed by atoms with Gasteiger partial charge in [0.05, 0.1) is 34.1 Å². The number of fused-ring (bicyclic) bond motifs is 2. The van der Waals surface area contributed by atoms with Crippen LogP contribution in [-0.2, 0) is 22.6 Å². The van der Waals surface area contributed by atoms with Crippen molar-refractivity contribution < 1.29 is 14.4 Å². The number of H-pyrrole nitrogens is 1. The summed E-state index contributed by atoms with van der Waals surface area (Å²) < 4.78 is 0. The first-order chi connectivity index (χ1) is 13.5. The summed E-state index contributed by atoms with van der Waals surface area (Å²) in [7, 11) is 0. The molecule has 1 aliphatic rings. The third kappa shape index (κ3) is 3.65. The van der Waals surface area contributed by atoms with Crippen LogP contribution < -0.4 is 10.6 Å². The lowest BCUT2D eigenvalue weighted by Crippen LogP contribution is -2.35. The number of carbonyl (C=O) groups is 3. The highest BCUT2D eigenvalue weighted by molar-refractivity contribution is 7.17. The number of rotatable bonds is 5. The van der Waals surface area contributed by atoms with Crippen LogP contribution in [0.4, 0.5) is 5.13 Å². The monoisotopic (exact) mass is 397 g/mol. The van der Waals surface area contributed by atoms with Gasteiger partial charge in [-0.15, -0.1) is 0 Å². The third-order valence-corrected chi connectivity index (χ3v) is 5.68. The van der Waals surface area contributed by atoms with E-state index in [0.717, 1.165) is 11.0 Å². The maximum absolute atomic E-state index is 12.6. The molecule has 3 aromatic rings. The quantitative estimate of drug-likeness (QED) is 0.611. The predicted molar refractivity (Wildman–Crippen MR) is 105 cm³/mol. The number of hydrogen-bond acceptors (Lipinski definition) is 6. The van der Waals surface area contributed by atoms with Crippen LogP contribution in [0.25, 0.3) is 11.0 Å². The van der Waals surface area contributed by atoms with Crippen LogP contribution >= 0.6 is 11.3 Å². The molecule has 2 amide bonds. The van der Waals surface area contributed by atoms with E-state index in [1.54, 1.807) is 6.92 Å². The topological polar surface area (TPSA) is 117 Å². The highest BCUT2D eigenvalue weighted by Crippen LogP contribution is 2.32. The molecule has 28 heavy (non-hydrogen) atoms. The molecule has 8 nitrogen and oxygen atoms in total. The van der Waals surface area contributed by atoms with Crippen molar-refractivity contribution in [3.05, 3.63) is 40.7 Å². The minimum atomic E-state index is -0.471. The molecular formula is C19H19N5O3S. The molecule has 0 saturated carbocycles. The summed E-state index contributed by atoms with van der Waals surface area (Å²) in [6, 6.07) is 7.64. The van der Waals surface area contributed by atoms with E-state index in [-0.39, 0.29) is 30.6 Å². The molecule has 0 bridgehead atoms. The van der Waals surface area contributed by atoms with Gasteiger partial charge in [-0.25, -0.2) is 9.97 Å². The molecular weight excluding hydrogens is 378 g/mol. The van der Waals surface area contributed by atoms with Crippen LogP contribution in [0, 0.1) is 5.92 Å². The molecule has 0 radical (unpaired) electrons. The minimum Gasteiger partial charge on any atom is -0.349 e. The number of amides is 2. The van der Waals surface area contributed by atoms with Crippen LogP contribution in [0.3, 0.4) is 0 Å². The van der Waals surface area contributed by atoms with Gasteiger partial charge < -0.3 is 15.6 Å². The molecule has 0 fully saturated rings. The van der Waals surface area contributed by atoms with E-state index in [2.05, 4.69) is 25.6 Å². The van der Waals surface area contributed by atoms with E-state index in [1.807, 2.05) is 24.3 Å². The predicted octanol–water partition coefficient (Wildman–Crippen LogP) is 2.43. The number of thiazole rings is 1. The molecule has 3 N–H and O–H groups in total. The van der Waals surface area contributed by atoms with Gasteiger partial charge in [-0.3, -0.25) is 14.4 Å². The Hall–Kier alpha value is -3.07. The summed E-state index contributed by atoms with van der Waals surface area (Å²) in [5.74, 6) is -0.276. The molecule has 9 heteroatoms. The SMILES string of the molecule is CCC(=O)Nc1nc2c(s1)C(=O)CC(C(=O)NCc1nc3ccccc3[nH]1)C2. The first kappa shape index (κ1) is 18.3. The fourth-order valence-electron chi connectivity index (χ4n) is 3.18. The van der Waals surface area contributed by atoms with Crippen molar-refractivity contribution in [1.29, 1.82) is 0 Å². The normalized spacial score (nSPS) is 16.0. The molecule has 1 unspecified atom stereocenters. The maximum atomic E-state index is 12.6. The van der Waals surface area contributed by atoms with Crippen LogP contribution in [0.2, 0.25) is 0 Å². The first-order valence-corrected chi connectivity index (χ1v) is 9.89. The van der Waals surface area contributed by atoms with E-state index in [9.17, 15) is 14.4 Å². The highest BCUT2D eigenvalue weighted by atomic mass is 32.1. The Morgan fingerprint density at radius 1 is 1.25 bits per heavy atom. The number of hydrogen-bond donors (Lipinski definition) is 3. The molecule has 0 aliphatic heterocycles. The molecule has 0 saturated heterocycles. The van der Waals surface area contributed by atoms with Gasteiger partial charge >= 0.3 is 0 Å². The standard InChI is InChI=1S/C19H19N5O3S/c1-2-16(26)24-19-23-13-7-10(8-14(25)17(13)28-19)18(27)20-9-15-21-11-5-3-4-6-12(11)22-15/h3-6,10H,2,7-9H2,1H3,(H,20,27)(H,21,22)(H,23,24,26). The highest BCUT2D eigenvalue weighted by Gasteiger charge is 2.33. The summed E-state index contributed by atoms with van der Waals surface area (Å²) in [4.78, 5) is 49.0. The zero-order valence-electron chi connectivity index (χ0n) is 15.2. The second-order valence-electron chi connectivity index (χ2n) is 6.64. The average molecular weight is 397 g/mol. The zero-order chi connectivity index (χ0) is 19.7. The number of anilines is 1. The van der Waals surface area contributed by atoms with Gasteiger partial charge in [0.2, 0.25) is 11.8 Å². The van der Waals surface area contributed by atoms with Crippen molar-refractivity contribution in [2.45, 2.75) is 32.7 Å². The summed E-state index contributed by atoms with van der Waals surface area (Å²) in [5, 5.41) is 5.94. The minimum absolute atomic E-state index is 0.111. The maximum Gasteiger partial charge on any atom is 0.225 e. The molecule has 2 aromatic heterocycles. The zero-order valence-corrected chi connectivity index (χ0v) is 16.1. The van der Waals surface area contributed by atoms with Crippen molar-refractivity contribution in [1.82, 2.24) is 20.3 Å². The number of nitrogens with zero attached hydrogens (tertiary/aromatic N) is 2. The van der Waals surface area contributed by atoms with Crippen molar-refractivity contribution >= 4 is 45.1 Å². The lowest BCUT2D eigenvalue weighted by atomic mass is 9.89. The Morgan fingerprint density at radius 2 is 2.07 bits per heavy atom. The van der Waals surface area contributed by atoms with Crippen molar-refractivity contribution in [2.24, 2.45) is 5.92 Å². The number of benzene rings is 1. The molecule has 1 atom stereocenters. The second kappa shape index (κ2) is 7.51. The van der Waals surface area contributed by atoms with Crippen LogP contribution in [-0.4, -0.2) is 32.5 Å². The van der Waals surface area contributed by atoms with Crippen molar-refractivity contribution in [2.75, 3.05) is 5.32 Å². The first-order valence-electron chi connectivity index (χ1n) is 9.07. The van der Waals surface area contributed by atoms with E-state index < -0.39 is 5.92 Å². The number of ketones is 1. The van der Waals surface area contributed by atoms with E-state index in [1.165, 1.54) is 11.3 Å². The van der Waals surface area contributed by atoms with E-state index in [0.29, 0.717) is 34.4 Å². The number of aromatic nitrogens is 3. The summed E-state index contributed by atoms with van der Waals surface area (Å²) in [5.41, 5.74) is 2.33. The van der Waals surface area contributed by atoms with Gasteiger partial charge in [0, 0.05) is 19.3 Å². The lowest BCUT2D eigenvalue weighted by Gasteiger charge is -2.19. The van der Waals surface area contributed by atoms with E-state index in [4.69, 9.17) is 0 Å². The number of imidazole rings is 1. The Labute approximate surface area is 164 Å². The van der Waals surface area contributed by atoms with Gasteiger partial charge in [-0.2, -0.15) is 0 Å². The number of Topliss-reactive ketones (excluding diaryl/α,β-unsaturated/α-hetero) is 1. The Kier molecular flexibility index (Phi) is 4.91. The molecule has 1 aliphatic carbocycles.